The van der Waals surface area contributed by atoms with Gasteiger partial charge in [-0.25, -0.2) is 0 Å². The molecule has 0 bridgehead atoms. The van der Waals surface area contributed by atoms with Crippen molar-refractivity contribution in [2.75, 3.05) is 27.2 Å². The van der Waals surface area contributed by atoms with Crippen molar-refractivity contribution in [2.45, 2.75) is 52.1 Å². The fourth-order valence-corrected chi connectivity index (χ4v) is 2.30. The summed E-state index contributed by atoms with van der Waals surface area (Å²) in [5, 5.41) is 9.33. The topological polar surface area (TPSA) is 43.8 Å². The van der Waals surface area contributed by atoms with E-state index in [0.29, 0.717) is 0 Å². The molecule has 4 heteroatoms. The summed E-state index contributed by atoms with van der Waals surface area (Å²) in [6.45, 7) is 7.91. The SMILES string of the molecule is CCCCC(C(=O)O)N(CC)C(C)CN(C)C. The molecule has 0 heterocycles. The van der Waals surface area contributed by atoms with Crippen LogP contribution in [0.3, 0.4) is 0 Å². The van der Waals surface area contributed by atoms with Crippen molar-refractivity contribution in [2.24, 2.45) is 0 Å². The lowest BCUT2D eigenvalue weighted by Crippen LogP contribution is -2.49. The van der Waals surface area contributed by atoms with E-state index in [0.717, 1.165) is 32.4 Å². The van der Waals surface area contributed by atoms with Crippen molar-refractivity contribution in [3.05, 3.63) is 0 Å². The van der Waals surface area contributed by atoms with Crippen LogP contribution in [-0.2, 0) is 4.79 Å². The summed E-state index contributed by atoms with van der Waals surface area (Å²) < 4.78 is 0. The van der Waals surface area contributed by atoms with Gasteiger partial charge in [0, 0.05) is 12.6 Å². The summed E-state index contributed by atoms with van der Waals surface area (Å²) in [4.78, 5) is 15.5. The normalized spacial score (nSPS) is 15.2. The van der Waals surface area contributed by atoms with E-state index in [1.807, 2.05) is 21.0 Å². The molecular weight excluding hydrogens is 216 g/mol. The van der Waals surface area contributed by atoms with Crippen molar-refractivity contribution in [3.8, 4) is 0 Å². The molecule has 2 atom stereocenters. The van der Waals surface area contributed by atoms with Gasteiger partial charge in [0.05, 0.1) is 0 Å². The maximum atomic E-state index is 11.3. The number of carbonyl (C=O) groups is 1. The minimum atomic E-state index is -0.689. The summed E-state index contributed by atoms with van der Waals surface area (Å²) in [6.07, 6.45) is 2.77. The molecule has 0 saturated carbocycles. The molecule has 0 aliphatic carbocycles. The molecule has 17 heavy (non-hydrogen) atoms. The lowest BCUT2D eigenvalue weighted by molar-refractivity contribution is -0.144. The van der Waals surface area contributed by atoms with Gasteiger partial charge in [-0.05, 0) is 34.0 Å². The maximum absolute atomic E-state index is 11.3. The van der Waals surface area contributed by atoms with E-state index in [1.165, 1.54) is 0 Å². The van der Waals surface area contributed by atoms with Crippen LogP contribution in [0.15, 0.2) is 0 Å². The predicted molar refractivity (Wildman–Crippen MR) is 71.3 cm³/mol. The number of rotatable bonds is 9. The summed E-state index contributed by atoms with van der Waals surface area (Å²) in [5.41, 5.74) is 0. The third-order valence-electron chi connectivity index (χ3n) is 3.08. The Morgan fingerprint density at radius 1 is 1.29 bits per heavy atom. The third kappa shape index (κ3) is 6.03. The molecule has 0 aromatic heterocycles. The monoisotopic (exact) mass is 244 g/mol. The molecule has 0 fully saturated rings. The molecule has 1 N–H and O–H groups in total. The number of likely N-dealkylation sites (N-methyl/N-ethyl adjacent to an activating group) is 2. The van der Waals surface area contributed by atoms with Crippen LogP contribution in [0, 0.1) is 0 Å². The number of unbranched alkanes of at least 4 members (excludes halogenated alkanes) is 1. The van der Waals surface area contributed by atoms with Gasteiger partial charge < -0.3 is 10.0 Å². The number of carboxylic acids is 1. The molecule has 0 aliphatic rings. The van der Waals surface area contributed by atoms with Crippen molar-refractivity contribution in [1.82, 2.24) is 9.80 Å². The fourth-order valence-electron chi connectivity index (χ4n) is 2.30. The molecule has 0 aliphatic heterocycles. The van der Waals surface area contributed by atoms with Crippen LogP contribution in [0.25, 0.3) is 0 Å². The highest BCUT2D eigenvalue weighted by Gasteiger charge is 2.27. The maximum Gasteiger partial charge on any atom is 0.320 e. The van der Waals surface area contributed by atoms with Crippen LogP contribution in [0.5, 0.6) is 0 Å². The van der Waals surface area contributed by atoms with Crippen molar-refractivity contribution in [1.29, 1.82) is 0 Å². The average molecular weight is 244 g/mol. The van der Waals surface area contributed by atoms with Crippen LogP contribution in [0.2, 0.25) is 0 Å². The molecule has 0 aromatic rings. The van der Waals surface area contributed by atoms with E-state index in [-0.39, 0.29) is 12.1 Å². The molecule has 0 radical (unpaired) electrons. The Morgan fingerprint density at radius 2 is 1.88 bits per heavy atom. The highest BCUT2D eigenvalue weighted by atomic mass is 16.4. The van der Waals surface area contributed by atoms with Crippen molar-refractivity contribution >= 4 is 5.97 Å². The average Bonchev–Trinajstić information content (AvgIpc) is 2.22. The number of carboxylic acid groups (broad SMARTS) is 1. The second kappa shape index (κ2) is 8.48. The van der Waals surface area contributed by atoms with Crippen LogP contribution in [0.1, 0.15) is 40.0 Å². The summed E-state index contributed by atoms with van der Waals surface area (Å²) in [5.74, 6) is -0.689. The predicted octanol–water partition coefficient (Wildman–Crippen LogP) is 1.90. The van der Waals surface area contributed by atoms with Gasteiger partial charge >= 0.3 is 5.97 Å². The molecule has 0 spiro atoms. The van der Waals surface area contributed by atoms with Gasteiger partial charge in [0.15, 0.2) is 0 Å². The van der Waals surface area contributed by atoms with Crippen molar-refractivity contribution < 1.29 is 9.90 Å². The summed E-state index contributed by atoms with van der Waals surface area (Å²) in [6, 6.07) is -0.0668. The number of hydrogen-bond donors (Lipinski definition) is 1. The van der Waals surface area contributed by atoms with Gasteiger partial charge in [-0.15, -0.1) is 0 Å². The minimum Gasteiger partial charge on any atom is -0.480 e. The Labute approximate surface area is 106 Å². The van der Waals surface area contributed by atoms with E-state index in [2.05, 4.69) is 23.6 Å². The van der Waals surface area contributed by atoms with Gasteiger partial charge in [-0.1, -0.05) is 26.7 Å². The zero-order chi connectivity index (χ0) is 13.4. The van der Waals surface area contributed by atoms with Gasteiger partial charge in [-0.3, -0.25) is 9.69 Å². The van der Waals surface area contributed by atoms with Crippen LogP contribution in [0.4, 0.5) is 0 Å². The molecule has 0 amide bonds. The van der Waals surface area contributed by atoms with E-state index in [1.54, 1.807) is 0 Å². The van der Waals surface area contributed by atoms with Crippen LogP contribution < -0.4 is 0 Å². The molecule has 4 nitrogen and oxygen atoms in total. The Hall–Kier alpha value is -0.610. The van der Waals surface area contributed by atoms with Crippen molar-refractivity contribution in [3.63, 3.8) is 0 Å². The van der Waals surface area contributed by atoms with Gasteiger partial charge in [0.2, 0.25) is 0 Å². The standard InChI is InChI=1S/C13H28N2O2/c1-6-8-9-12(13(16)17)15(7-2)11(3)10-14(4)5/h11-12H,6-10H2,1-5H3,(H,16,17). The van der Waals surface area contributed by atoms with Gasteiger partial charge in [-0.2, -0.15) is 0 Å². The zero-order valence-corrected chi connectivity index (χ0v) is 11.9. The first-order valence-corrected chi connectivity index (χ1v) is 6.57. The smallest absolute Gasteiger partial charge is 0.320 e. The first-order valence-electron chi connectivity index (χ1n) is 6.57. The fraction of sp³-hybridized carbons (Fsp3) is 0.923. The minimum absolute atomic E-state index is 0.271. The number of nitrogens with zero attached hydrogens (tertiary/aromatic N) is 2. The lowest BCUT2D eigenvalue weighted by atomic mass is 10.1. The molecule has 0 aromatic carbocycles. The Bertz CT molecular complexity index is 219. The highest BCUT2D eigenvalue weighted by molar-refractivity contribution is 5.73. The number of aliphatic carboxylic acids is 1. The van der Waals surface area contributed by atoms with Gasteiger partial charge in [0.1, 0.15) is 6.04 Å². The third-order valence-corrected chi connectivity index (χ3v) is 3.08. The van der Waals surface area contributed by atoms with E-state index >= 15 is 0 Å². The quantitative estimate of drug-likeness (QED) is 0.673. The second-order valence-electron chi connectivity index (χ2n) is 4.94. The van der Waals surface area contributed by atoms with Crippen LogP contribution in [-0.4, -0.2) is 60.1 Å². The molecule has 0 saturated heterocycles. The van der Waals surface area contributed by atoms with Crippen LogP contribution >= 0.6 is 0 Å². The largest absolute Gasteiger partial charge is 0.480 e. The molecular formula is C13H28N2O2. The van der Waals surface area contributed by atoms with E-state index in [4.69, 9.17) is 0 Å². The summed E-state index contributed by atoms with van der Waals surface area (Å²) >= 11 is 0. The molecule has 2 unspecified atom stereocenters. The Kier molecular flexibility index (Phi) is 8.17. The Morgan fingerprint density at radius 3 is 2.24 bits per heavy atom. The molecule has 0 rings (SSSR count). The Balaban J connectivity index is 4.58. The lowest BCUT2D eigenvalue weighted by Gasteiger charge is -2.34. The summed E-state index contributed by atoms with van der Waals surface area (Å²) in [7, 11) is 4.04. The molecule has 102 valence electrons. The van der Waals surface area contributed by atoms with Gasteiger partial charge in [0.25, 0.3) is 0 Å². The number of hydrogen-bond acceptors (Lipinski definition) is 3. The van der Waals surface area contributed by atoms with E-state index in [9.17, 15) is 9.90 Å². The second-order valence-corrected chi connectivity index (χ2v) is 4.94. The first-order chi connectivity index (χ1) is 7.93. The van der Waals surface area contributed by atoms with E-state index < -0.39 is 5.97 Å². The highest BCUT2D eigenvalue weighted by Crippen LogP contribution is 2.13. The first kappa shape index (κ1) is 16.4. The zero-order valence-electron chi connectivity index (χ0n) is 11.9.